The molecular formula is C10H13F2N3O4S. The van der Waals surface area contributed by atoms with Gasteiger partial charge >= 0.3 is 0 Å². The maximum atomic E-state index is 14.1. The lowest BCUT2D eigenvalue weighted by Gasteiger charge is -2.27. The summed E-state index contributed by atoms with van der Waals surface area (Å²) < 4.78 is 32.9. The zero-order chi connectivity index (χ0) is 15.3. The summed E-state index contributed by atoms with van der Waals surface area (Å²) in [4.78, 5) is 3.50. The Labute approximate surface area is 117 Å². The molecule has 0 radical (unpaired) electrons. The monoisotopic (exact) mass is 309 g/mol. The topological polar surface area (TPSA) is 114 Å². The Bertz CT molecular complexity index is 596. The standard InChI is InChI=1S/C10H13F2N3O4S/c1-9(18)6(17)10(12,3-16)19-7(9)15-2-4(11)5(13)14-8(15)20/h2,6-7,16-18H,3H2,1H3,(H2,13,14,20)/t6-,7-,9?,10-/m1/s1. The van der Waals surface area contributed by atoms with E-state index in [9.17, 15) is 19.0 Å². The maximum absolute atomic E-state index is 14.1. The van der Waals surface area contributed by atoms with E-state index in [-0.39, 0.29) is 4.77 Å². The van der Waals surface area contributed by atoms with Gasteiger partial charge in [0.25, 0.3) is 5.85 Å². The number of nitrogens with zero attached hydrogens (tertiary/aromatic N) is 2. The van der Waals surface area contributed by atoms with E-state index in [0.717, 1.165) is 17.7 Å². The van der Waals surface area contributed by atoms with Crippen LogP contribution < -0.4 is 5.73 Å². The molecule has 0 saturated carbocycles. The molecule has 20 heavy (non-hydrogen) atoms. The number of alkyl halides is 1. The fourth-order valence-electron chi connectivity index (χ4n) is 2.03. The second-order valence-electron chi connectivity index (χ2n) is 4.71. The number of halogens is 2. The van der Waals surface area contributed by atoms with Crippen molar-refractivity contribution in [3.63, 3.8) is 0 Å². The second-order valence-corrected chi connectivity index (χ2v) is 5.07. The lowest BCUT2D eigenvalue weighted by molar-refractivity contribution is -0.207. The number of hydrogen-bond donors (Lipinski definition) is 4. The number of hydrogen-bond acceptors (Lipinski definition) is 7. The Morgan fingerprint density at radius 3 is 2.75 bits per heavy atom. The first-order valence-corrected chi connectivity index (χ1v) is 5.96. The normalized spacial score (nSPS) is 37.3. The van der Waals surface area contributed by atoms with Crippen molar-refractivity contribution in [3.05, 3.63) is 16.8 Å². The predicted molar refractivity (Wildman–Crippen MR) is 65.1 cm³/mol. The second kappa shape index (κ2) is 4.67. The van der Waals surface area contributed by atoms with Gasteiger partial charge in [-0.3, -0.25) is 4.57 Å². The number of aromatic nitrogens is 2. The summed E-state index contributed by atoms with van der Waals surface area (Å²) in [6.45, 7) is -0.131. The van der Waals surface area contributed by atoms with Gasteiger partial charge in [-0.1, -0.05) is 0 Å². The van der Waals surface area contributed by atoms with Crippen LogP contribution in [0.1, 0.15) is 13.2 Å². The minimum Gasteiger partial charge on any atom is -0.390 e. The van der Waals surface area contributed by atoms with Crippen molar-refractivity contribution in [1.82, 2.24) is 9.55 Å². The summed E-state index contributed by atoms with van der Waals surface area (Å²) in [6, 6.07) is 0. The first-order valence-electron chi connectivity index (χ1n) is 5.55. The summed E-state index contributed by atoms with van der Waals surface area (Å²) in [5.41, 5.74) is 3.06. The number of aliphatic hydroxyl groups excluding tert-OH is 2. The van der Waals surface area contributed by atoms with E-state index in [2.05, 4.69) is 4.98 Å². The van der Waals surface area contributed by atoms with Crippen molar-refractivity contribution in [3.8, 4) is 0 Å². The number of nitrogen functional groups attached to an aromatic ring is 1. The van der Waals surface area contributed by atoms with Crippen LogP contribution in [0, 0.1) is 10.6 Å². The summed E-state index contributed by atoms with van der Waals surface area (Å²) in [5, 5.41) is 28.8. The van der Waals surface area contributed by atoms with Crippen molar-refractivity contribution in [2.24, 2.45) is 0 Å². The van der Waals surface area contributed by atoms with Gasteiger partial charge in [-0.2, -0.15) is 4.98 Å². The number of nitrogens with two attached hydrogens (primary N) is 1. The lowest BCUT2D eigenvalue weighted by atomic mass is 9.95. The number of anilines is 1. The third-order valence-electron chi connectivity index (χ3n) is 3.17. The molecule has 5 N–H and O–H groups in total. The highest BCUT2D eigenvalue weighted by molar-refractivity contribution is 7.71. The molecule has 10 heteroatoms. The van der Waals surface area contributed by atoms with E-state index in [1.807, 2.05) is 0 Å². The zero-order valence-corrected chi connectivity index (χ0v) is 11.1. The quantitative estimate of drug-likeness (QED) is 0.551. The minimum atomic E-state index is -2.90. The Hall–Kier alpha value is -1.20. The highest BCUT2D eigenvalue weighted by atomic mass is 32.1. The molecule has 112 valence electrons. The van der Waals surface area contributed by atoms with Gasteiger partial charge in [0, 0.05) is 6.20 Å². The fraction of sp³-hybridized carbons (Fsp3) is 0.600. The van der Waals surface area contributed by atoms with Crippen LogP contribution in [0.3, 0.4) is 0 Å². The van der Waals surface area contributed by atoms with Gasteiger partial charge in [0.1, 0.15) is 18.3 Å². The third-order valence-corrected chi connectivity index (χ3v) is 3.47. The molecule has 1 aliphatic heterocycles. The average Bonchev–Trinajstić information content (AvgIpc) is 2.56. The molecule has 1 unspecified atom stereocenters. The predicted octanol–water partition coefficient (Wildman–Crippen LogP) is -0.367. The maximum Gasteiger partial charge on any atom is 0.263 e. The lowest BCUT2D eigenvalue weighted by Crippen LogP contribution is -2.48. The molecule has 1 aliphatic rings. The molecule has 2 heterocycles. The minimum absolute atomic E-state index is 0.274. The van der Waals surface area contributed by atoms with Crippen LogP contribution in [-0.2, 0) is 4.74 Å². The Morgan fingerprint density at radius 1 is 1.65 bits per heavy atom. The summed E-state index contributed by atoms with van der Waals surface area (Å²) >= 11 is 4.84. The molecule has 2 rings (SSSR count). The Balaban J connectivity index is 2.54. The molecule has 1 saturated heterocycles. The van der Waals surface area contributed by atoms with Crippen LogP contribution in [0.5, 0.6) is 0 Å². The van der Waals surface area contributed by atoms with Gasteiger partial charge in [-0.05, 0) is 19.1 Å². The zero-order valence-electron chi connectivity index (χ0n) is 10.3. The van der Waals surface area contributed by atoms with Gasteiger partial charge in [-0.25, -0.2) is 8.78 Å². The van der Waals surface area contributed by atoms with Crippen molar-refractivity contribution >= 4 is 18.0 Å². The number of ether oxygens (including phenoxy) is 1. The average molecular weight is 309 g/mol. The highest BCUT2D eigenvalue weighted by Gasteiger charge is 2.62. The van der Waals surface area contributed by atoms with Crippen molar-refractivity contribution in [2.75, 3.05) is 12.3 Å². The molecule has 0 bridgehead atoms. The molecule has 0 spiro atoms. The van der Waals surface area contributed by atoms with E-state index in [0.29, 0.717) is 0 Å². The van der Waals surface area contributed by atoms with Crippen LogP contribution >= 0.6 is 12.2 Å². The molecule has 1 aromatic rings. The van der Waals surface area contributed by atoms with Crippen molar-refractivity contribution in [2.45, 2.75) is 30.7 Å². The summed E-state index contributed by atoms with van der Waals surface area (Å²) in [6.07, 6.45) is -2.86. The fourth-order valence-corrected chi connectivity index (χ4v) is 2.28. The van der Waals surface area contributed by atoms with Gasteiger partial charge < -0.3 is 25.8 Å². The molecule has 7 nitrogen and oxygen atoms in total. The number of aliphatic hydroxyl groups is 3. The van der Waals surface area contributed by atoms with Crippen LogP contribution in [0.4, 0.5) is 14.6 Å². The molecule has 0 aliphatic carbocycles. The molecule has 0 aromatic carbocycles. The SMILES string of the molecule is CC1(O)[C@@H](O)[C@@](F)(CO)O[C@H]1n1cc(F)c(N)nc1=S. The molecule has 1 fully saturated rings. The van der Waals surface area contributed by atoms with E-state index >= 15 is 0 Å². The van der Waals surface area contributed by atoms with Gasteiger partial charge in [0.05, 0.1) is 0 Å². The Kier molecular flexibility index (Phi) is 3.55. The van der Waals surface area contributed by atoms with Crippen molar-refractivity contribution in [1.29, 1.82) is 0 Å². The van der Waals surface area contributed by atoms with Gasteiger partial charge in [-0.15, -0.1) is 0 Å². The Morgan fingerprint density at radius 2 is 2.25 bits per heavy atom. The van der Waals surface area contributed by atoms with Crippen LogP contribution in [0.15, 0.2) is 6.20 Å². The van der Waals surface area contributed by atoms with Crippen molar-refractivity contribution < 1.29 is 28.8 Å². The smallest absolute Gasteiger partial charge is 0.263 e. The van der Waals surface area contributed by atoms with E-state index in [1.54, 1.807) is 0 Å². The third kappa shape index (κ3) is 2.09. The molecule has 0 amide bonds. The van der Waals surface area contributed by atoms with Crippen LogP contribution in [-0.4, -0.2) is 49.0 Å². The molecular weight excluding hydrogens is 296 g/mol. The molecule has 1 aromatic heterocycles. The number of rotatable bonds is 2. The first kappa shape index (κ1) is 15.2. The van der Waals surface area contributed by atoms with Crippen LogP contribution in [0.25, 0.3) is 0 Å². The van der Waals surface area contributed by atoms with E-state index in [4.69, 9.17) is 27.8 Å². The first-order chi connectivity index (χ1) is 9.13. The van der Waals surface area contributed by atoms with E-state index in [1.165, 1.54) is 0 Å². The van der Waals surface area contributed by atoms with Gasteiger partial charge in [0.15, 0.2) is 17.9 Å². The van der Waals surface area contributed by atoms with Gasteiger partial charge in [0.2, 0.25) is 4.77 Å². The molecule has 4 atom stereocenters. The summed E-state index contributed by atoms with van der Waals surface area (Å²) in [5.74, 6) is -4.31. The van der Waals surface area contributed by atoms with E-state index < -0.39 is 42.0 Å². The highest BCUT2D eigenvalue weighted by Crippen LogP contribution is 2.45. The largest absolute Gasteiger partial charge is 0.390 e. The summed E-state index contributed by atoms with van der Waals surface area (Å²) in [7, 11) is 0. The van der Waals surface area contributed by atoms with Crippen LogP contribution in [0.2, 0.25) is 0 Å².